The van der Waals surface area contributed by atoms with E-state index in [0.717, 1.165) is 44.3 Å². The van der Waals surface area contributed by atoms with Crippen LogP contribution in [0.25, 0.3) is 32.9 Å². The quantitative estimate of drug-likeness (QED) is 0.0965. The smallest absolute Gasteiger partial charge is 0.410 e. The Balaban J connectivity index is 1.23. The minimum Gasteiger partial charge on any atom is -0.472 e. The second-order valence-corrected chi connectivity index (χ2v) is 26.7. The van der Waals surface area contributed by atoms with Gasteiger partial charge in [-0.25, -0.2) is 18.6 Å². The zero-order valence-corrected chi connectivity index (χ0v) is 40.8. The van der Waals surface area contributed by atoms with Gasteiger partial charge in [0.2, 0.25) is 5.88 Å². The lowest BCUT2D eigenvalue weighted by atomic mass is 9.93. The molecule has 7 heterocycles. The van der Waals surface area contributed by atoms with Crippen LogP contribution in [0.15, 0.2) is 42.5 Å². The molecule has 4 aromatic rings. The van der Waals surface area contributed by atoms with Crippen LogP contribution in [0.4, 0.5) is 19.4 Å². The third kappa shape index (κ3) is 7.53. The number of benzene rings is 2. The van der Waals surface area contributed by atoms with E-state index in [1.807, 2.05) is 44.7 Å². The molecule has 2 aromatic heterocycles. The number of nitrogens with zero attached hydrogens (tertiary/aromatic N) is 6. The number of pyridine rings is 1. The van der Waals surface area contributed by atoms with Gasteiger partial charge >= 0.3 is 12.1 Å². The first-order valence-corrected chi connectivity index (χ1v) is 25.7. The number of aromatic nitrogens is 3. The molecular weight excluding hydrogens is 843 g/mol. The van der Waals surface area contributed by atoms with Gasteiger partial charge in [0, 0.05) is 37.7 Å². The maximum absolute atomic E-state index is 18.0. The molecule has 5 aliphatic heterocycles. The van der Waals surface area contributed by atoms with E-state index in [9.17, 15) is 4.79 Å². The van der Waals surface area contributed by atoms with Gasteiger partial charge in [0.1, 0.15) is 54.6 Å². The highest BCUT2D eigenvalue weighted by atomic mass is 28.3. The van der Waals surface area contributed by atoms with Gasteiger partial charge < -0.3 is 23.8 Å². The molecule has 5 aliphatic rings. The number of hydrogen-bond donors (Lipinski definition) is 0. The molecule has 14 heteroatoms. The molecule has 0 aliphatic carbocycles. The predicted octanol–water partition coefficient (Wildman–Crippen LogP) is 10.2. The van der Waals surface area contributed by atoms with Crippen molar-refractivity contribution in [3.63, 3.8) is 0 Å². The standard InChI is InChI=1S/C51H64F2N6O5Si/c1-28(2)65(29(3)4,30(5)6)21-20-36-38(52)18-16-33-14-13-15-37(40(33)36)43-42(53)44-41-46(56-48(55-44)62-27-51-22-31(7)24-57(51)26-35(23-51)61-12)58-25-34-17-19-39(45(58)32(8)63-47(41)54-43)59(34)49(60)64-50(9,10)11/h13-16,18,28-30,32,34-35,39,45H,7,17,19,22-27H2,1-6,8-12H3/t32-,34+,35+,39-,45+,51?/m0/s1. The Morgan fingerprint density at radius 2 is 1.75 bits per heavy atom. The molecule has 1 unspecified atom stereocenters. The van der Waals surface area contributed by atoms with E-state index in [0.29, 0.717) is 50.7 Å². The summed E-state index contributed by atoms with van der Waals surface area (Å²) in [6, 6.07) is 7.79. The molecule has 11 nitrogen and oxygen atoms in total. The number of fused-ring (bicyclic) bond motifs is 7. The van der Waals surface area contributed by atoms with E-state index in [4.69, 9.17) is 33.9 Å². The third-order valence-corrected chi connectivity index (χ3v) is 21.4. The minimum atomic E-state index is -2.30. The molecule has 9 rings (SSSR count). The highest BCUT2D eigenvalue weighted by molar-refractivity contribution is 6.90. The molecule has 2 aromatic carbocycles. The van der Waals surface area contributed by atoms with Gasteiger partial charge in [0.05, 0.1) is 35.3 Å². The lowest BCUT2D eigenvalue weighted by Gasteiger charge is -2.48. The van der Waals surface area contributed by atoms with Crippen LogP contribution in [0.5, 0.6) is 11.9 Å². The molecule has 346 valence electrons. The van der Waals surface area contributed by atoms with Gasteiger partial charge in [0.15, 0.2) is 5.82 Å². The van der Waals surface area contributed by atoms with Crippen molar-refractivity contribution in [1.29, 1.82) is 0 Å². The molecular formula is C51H64F2N6O5Si. The van der Waals surface area contributed by atoms with Gasteiger partial charge in [-0.15, -0.1) is 5.54 Å². The van der Waals surface area contributed by atoms with Crippen LogP contribution in [-0.2, 0) is 9.47 Å². The fraction of sp³-hybridized carbons (Fsp3) is 0.569. The van der Waals surface area contributed by atoms with Gasteiger partial charge in [-0.2, -0.15) is 9.97 Å². The summed E-state index contributed by atoms with van der Waals surface area (Å²) in [6.07, 6.45) is 2.11. The molecule has 6 atom stereocenters. The first-order valence-electron chi connectivity index (χ1n) is 23.4. The lowest BCUT2D eigenvalue weighted by Crippen LogP contribution is -2.65. The summed E-state index contributed by atoms with van der Waals surface area (Å²) >= 11 is 0. The SMILES string of the molecule is C=C1CN2C[C@H](OC)CC2(COc2nc3c4c(nc(-c5cccc6ccc(F)c(C#C[Si](C(C)C)(C(C)C)C(C)C)c56)c(F)c4n2)O[C@@H](C)[C@@H]2[C@@H]4CC[C@H](CN32)N4C(=O)OC(C)(C)C)C1. The molecule has 4 saturated heterocycles. The van der Waals surface area contributed by atoms with Gasteiger partial charge in [-0.1, -0.05) is 83.9 Å². The fourth-order valence-electron chi connectivity index (χ4n) is 12.4. The van der Waals surface area contributed by atoms with Gasteiger partial charge in [-0.05, 0) is 81.5 Å². The molecule has 1 amide bonds. The molecule has 2 bridgehead atoms. The number of methoxy groups -OCH3 is 1. The van der Waals surface area contributed by atoms with Crippen molar-refractivity contribution in [3.8, 4) is 34.6 Å². The summed E-state index contributed by atoms with van der Waals surface area (Å²) in [5.74, 6) is 2.78. The normalized spacial score (nSPS) is 25.3. The number of carbonyl (C=O) groups is 1. The summed E-state index contributed by atoms with van der Waals surface area (Å²) in [7, 11) is -0.568. The van der Waals surface area contributed by atoms with Crippen molar-refractivity contribution in [2.45, 2.75) is 153 Å². The lowest BCUT2D eigenvalue weighted by molar-refractivity contribution is 0.000933. The second-order valence-electron chi connectivity index (χ2n) is 21.1. The van der Waals surface area contributed by atoms with Crippen LogP contribution in [-0.4, -0.2) is 114 Å². The Morgan fingerprint density at radius 1 is 1.02 bits per heavy atom. The summed E-state index contributed by atoms with van der Waals surface area (Å²) in [6.45, 7) is 27.4. The first kappa shape index (κ1) is 45.3. The summed E-state index contributed by atoms with van der Waals surface area (Å²) in [4.78, 5) is 35.2. The third-order valence-electron chi connectivity index (χ3n) is 15.1. The van der Waals surface area contributed by atoms with Crippen LogP contribution in [0.2, 0.25) is 16.6 Å². The average Bonchev–Trinajstić information content (AvgIpc) is 3.82. The zero-order chi connectivity index (χ0) is 46.5. The average molecular weight is 907 g/mol. The van der Waals surface area contributed by atoms with Crippen molar-refractivity contribution in [1.82, 2.24) is 24.8 Å². The van der Waals surface area contributed by atoms with Crippen LogP contribution >= 0.6 is 0 Å². The monoisotopic (exact) mass is 906 g/mol. The van der Waals surface area contributed by atoms with Crippen LogP contribution in [0, 0.1) is 23.1 Å². The summed E-state index contributed by atoms with van der Waals surface area (Å²) in [5, 5.41) is 1.50. The number of halogens is 2. The molecule has 0 saturated carbocycles. The fourth-order valence-corrected chi connectivity index (χ4v) is 17.6. The molecule has 65 heavy (non-hydrogen) atoms. The first-order chi connectivity index (χ1) is 30.8. The second kappa shape index (κ2) is 16.5. The van der Waals surface area contributed by atoms with E-state index in [1.165, 1.54) is 6.07 Å². The Labute approximate surface area is 383 Å². The van der Waals surface area contributed by atoms with E-state index in [1.54, 1.807) is 19.2 Å². The Hall–Kier alpha value is -4.84. The Morgan fingerprint density at radius 3 is 2.45 bits per heavy atom. The van der Waals surface area contributed by atoms with Crippen LogP contribution < -0.4 is 14.4 Å². The number of anilines is 1. The molecule has 0 radical (unpaired) electrons. The number of hydrogen-bond acceptors (Lipinski definition) is 10. The minimum absolute atomic E-state index is 0.0157. The molecule has 0 spiro atoms. The van der Waals surface area contributed by atoms with Gasteiger partial charge in [-0.3, -0.25) is 9.80 Å². The van der Waals surface area contributed by atoms with Crippen molar-refractivity contribution in [2.24, 2.45) is 0 Å². The number of ether oxygens (including phenoxy) is 4. The Kier molecular flexibility index (Phi) is 11.5. The number of carbonyl (C=O) groups excluding carboxylic acids is 1. The van der Waals surface area contributed by atoms with Crippen molar-refractivity contribution < 1.29 is 32.5 Å². The number of piperazine rings is 1. The predicted molar refractivity (Wildman–Crippen MR) is 253 cm³/mol. The zero-order valence-electron chi connectivity index (χ0n) is 39.8. The summed E-state index contributed by atoms with van der Waals surface area (Å²) in [5.41, 5.74) is 5.28. The van der Waals surface area contributed by atoms with E-state index in [2.05, 4.69) is 69.4 Å². The summed E-state index contributed by atoms with van der Waals surface area (Å²) < 4.78 is 59.7. The molecule has 0 N–H and O–H groups in total. The highest BCUT2D eigenvalue weighted by Gasteiger charge is 2.55. The van der Waals surface area contributed by atoms with Crippen LogP contribution in [0.1, 0.15) is 100 Å². The van der Waals surface area contributed by atoms with E-state index < -0.39 is 37.5 Å². The van der Waals surface area contributed by atoms with E-state index in [-0.39, 0.29) is 65.1 Å². The van der Waals surface area contributed by atoms with Gasteiger partial charge in [0.25, 0.3) is 0 Å². The van der Waals surface area contributed by atoms with Crippen molar-refractivity contribution >= 4 is 41.7 Å². The van der Waals surface area contributed by atoms with Crippen LogP contribution in [0.3, 0.4) is 0 Å². The number of rotatable bonds is 8. The number of amides is 1. The maximum atomic E-state index is 18.0. The topological polar surface area (TPSA) is 102 Å². The molecule has 4 fully saturated rings. The van der Waals surface area contributed by atoms with Crippen molar-refractivity contribution in [3.05, 3.63) is 59.7 Å². The largest absolute Gasteiger partial charge is 0.472 e. The maximum Gasteiger partial charge on any atom is 0.410 e. The van der Waals surface area contributed by atoms with E-state index >= 15 is 8.78 Å². The Bertz CT molecular complexity index is 2620. The van der Waals surface area contributed by atoms with Crippen molar-refractivity contribution in [2.75, 3.05) is 38.3 Å². The highest BCUT2D eigenvalue weighted by Crippen LogP contribution is 2.49.